The number of aliphatic hydroxyl groups excluding tert-OH is 3. The second-order valence-corrected chi connectivity index (χ2v) is 7.52. The molecule has 8 heteroatoms. The SMILES string of the molecule is OC[C@H]1O[C@@H](n2cnc3c(C4CCc5ccccc5C4)ncnc32)[C@H](O)[C@@H]1O. The average Bonchev–Trinajstić information content (AvgIpc) is 3.28. The number of fused-ring (bicyclic) bond motifs is 2. The second-order valence-electron chi connectivity index (χ2n) is 7.52. The van der Waals surface area contributed by atoms with Crippen molar-refractivity contribution in [1.82, 2.24) is 19.5 Å². The van der Waals surface area contributed by atoms with Crippen LogP contribution in [0.3, 0.4) is 0 Å². The van der Waals surface area contributed by atoms with Gasteiger partial charge in [-0.2, -0.15) is 0 Å². The Morgan fingerprint density at radius 1 is 1.07 bits per heavy atom. The predicted molar refractivity (Wildman–Crippen MR) is 99.5 cm³/mol. The smallest absolute Gasteiger partial charge is 0.165 e. The van der Waals surface area contributed by atoms with Crippen molar-refractivity contribution < 1.29 is 20.1 Å². The molecule has 0 bridgehead atoms. The molecule has 146 valence electrons. The summed E-state index contributed by atoms with van der Waals surface area (Å²) in [5.74, 6) is 0.244. The molecule has 1 aromatic carbocycles. The van der Waals surface area contributed by atoms with E-state index in [2.05, 4.69) is 39.2 Å². The maximum absolute atomic E-state index is 10.3. The summed E-state index contributed by atoms with van der Waals surface area (Å²) in [5.41, 5.74) is 4.86. The zero-order valence-electron chi connectivity index (χ0n) is 15.2. The van der Waals surface area contributed by atoms with E-state index >= 15 is 0 Å². The first kappa shape index (κ1) is 17.7. The van der Waals surface area contributed by atoms with Gasteiger partial charge in [0.25, 0.3) is 0 Å². The van der Waals surface area contributed by atoms with E-state index in [9.17, 15) is 15.3 Å². The zero-order valence-corrected chi connectivity index (χ0v) is 15.2. The number of hydrogen-bond donors (Lipinski definition) is 3. The van der Waals surface area contributed by atoms with E-state index in [-0.39, 0.29) is 12.5 Å². The van der Waals surface area contributed by atoms with Gasteiger partial charge in [-0.15, -0.1) is 0 Å². The lowest BCUT2D eigenvalue weighted by atomic mass is 9.82. The molecular formula is C20H22N4O4. The molecule has 28 heavy (non-hydrogen) atoms. The first-order chi connectivity index (χ1) is 13.7. The minimum Gasteiger partial charge on any atom is -0.394 e. The van der Waals surface area contributed by atoms with Gasteiger partial charge in [-0.05, 0) is 30.4 Å². The van der Waals surface area contributed by atoms with Gasteiger partial charge < -0.3 is 20.1 Å². The zero-order chi connectivity index (χ0) is 19.3. The highest BCUT2D eigenvalue weighted by Crippen LogP contribution is 2.36. The molecule has 0 radical (unpaired) electrons. The summed E-state index contributed by atoms with van der Waals surface area (Å²) in [6.07, 6.45) is 1.94. The van der Waals surface area contributed by atoms with Crippen LogP contribution in [0, 0.1) is 0 Å². The number of aliphatic hydroxyl groups is 3. The highest BCUT2D eigenvalue weighted by atomic mass is 16.6. The Morgan fingerprint density at radius 3 is 2.68 bits per heavy atom. The summed E-state index contributed by atoms with van der Waals surface area (Å²) in [5, 5.41) is 29.7. The number of aromatic nitrogens is 4. The van der Waals surface area contributed by atoms with E-state index in [1.807, 2.05) is 0 Å². The molecule has 3 N–H and O–H groups in total. The van der Waals surface area contributed by atoms with Crippen LogP contribution in [0.25, 0.3) is 11.2 Å². The third-order valence-corrected chi connectivity index (χ3v) is 5.91. The van der Waals surface area contributed by atoms with E-state index in [1.54, 1.807) is 10.9 Å². The number of imidazole rings is 1. The van der Waals surface area contributed by atoms with E-state index in [0.717, 1.165) is 25.0 Å². The predicted octanol–water partition coefficient (Wildman–Crippen LogP) is 0.710. The van der Waals surface area contributed by atoms with Gasteiger partial charge in [-0.3, -0.25) is 4.57 Å². The molecular weight excluding hydrogens is 360 g/mol. The van der Waals surface area contributed by atoms with E-state index in [0.29, 0.717) is 11.2 Å². The molecule has 3 aromatic rings. The topological polar surface area (TPSA) is 114 Å². The molecule has 0 saturated carbocycles. The van der Waals surface area contributed by atoms with Crippen molar-refractivity contribution in [3.05, 3.63) is 53.7 Å². The number of aryl methyl sites for hydroxylation is 1. The molecule has 2 aromatic heterocycles. The number of nitrogens with zero attached hydrogens (tertiary/aromatic N) is 4. The number of hydrogen-bond acceptors (Lipinski definition) is 7. The summed E-state index contributed by atoms with van der Waals surface area (Å²) >= 11 is 0. The van der Waals surface area contributed by atoms with Crippen LogP contribution in [0.15, 0.2) is 36.9 Å². The summed E-state index contributed by atoms with van der Waals surface area (Å²) in [6.45, 7) is -0.372. The molecule has 1 unspecified atom stereocenters. The van der Waals surface area contributed by atoms with Gasteiger partial charge in [0.2, 0.25) is 0 Å². The van der Waals surface area contributed by atoms with Crippen LogP contribution >= 0.6 is 0 Å². The van der Waals surface area contributed by atoms with E-state index < -0.39 is 24.5 Å². The first-order valence-electron chi connectivity index (χ1n) is 9.54. The fourth-order valence-corrected chi connectivity index (χ4v) is 4.40. The van der Waals surface area contributed by atoms with Crippen LogP contribution < -0.4 is 0 Å². The molecule has 1 aliphatic heterocycles. The van der Waals surface area contributed by atoms with Crippen LogP contribution in [0.4, 0.5) is 0 Å². The van der Waals surface area contributed by atoms with Crippen molar-refractivity contribution in [3.63, 3.8) is 0 Å². The average molecular weight is 382 g/mol. The minimum absolute atomic E-state index is 0.244. The molecule has 5 atom stereocenters. The lowest BCUT2D eigenvalue weighted by Crippen LogP contribution is -2.33. The van der Waals surface area contributed by atoms with Gasteiger partial charge in [0.1, 0.15) is 30.2 Å². The molecule has 3 heterocycles. The fraction of sp³-hybridized carbons (Fsp3) is 0.450. The Bertz CT molecular complexity index is 1010. The maximum Gasteiger partial charge on any atom is 0.165 e. The van der Waals surface area contributed by atoms with Crippen molar-refractivity contribution in [2.75, 3.05) is 6.61 Å². The van der Waals surface area contributed by atoms with E-state index in [4.69, 9.17) is 4.74 Å². The van der Waals surface area contributed by atoms with Gasteiger partial charge in [0.05, 0.1) is 18.6 Å². The van der Waals surface area contributed by atoms with Crippen LogP contribution in [0.5, 0.6) is 0 Å². The Balaban J connectivity index is 1.50. The standard InChI is InChI=1S/C20H22N4O4/c25-8-14-17(26)18(27)20(28-14)24-10-23-16-15(21-9-22-19(16)24)13-6-5-11-3-1-2-4-12(11)7-13/h1-4,9-10,13-14,17-18,20,25-27H,5-8H2/t13?,14-,17-,18-,20-/m1/s1. The van der Waals surface area contributed by atoms with Crippen LogP contribution in [-0.2, 0) is 17.6 Å². The van der Waals surface area contributed by atoms with Crippen LogP contribution in [-0.4, -0.2) is 59.8 Å². The number of ether oxygens (including phenoxy) is 1. The van der Waals surface area contributed by atoms with Crippen LogP contribution in [0.1, 0.15) is 35.4 Å². The number of benzene rings is 1. The van der Waals surface area contributed by atoms with Crippen molar-refractivity contribution in [2.45, 2.75) is 49.7 Å². The third kappa shape index (κ3) is 2.72. The highest BCUT2D eigenvalue weighted by Gasteiger charge is 2.44. The van der Waals surface area contributed by atoms with Gasteiger partial charge in [0.15, 0.2) is 11.9 Å². The number of rotatable bonds is 3. The minimum atomic E-state index is -1.17. The Labute approximate surface area is 161 Å². The van der Waals surface area contributed by atoms with Gasteiger partial charge >= 0.3 is 0 Å². The highest BCUT2D eigenvalue weighted by molar-refractivity contribution is 5.74. The molecule has 1 saturated heterocycles. The summed E-state index contributed by atoms with van der Waals surface area (Å²) in [4.78, 5) is 13.4. The monoisotopic (exact) mass is 382 g/mol. The van der Waals surface area contributed by atoms with Gasteiger partial charge in [-0.25, -0.2) is 15.0 Å². The van der Waals surface area contributed by atoms with E-state index in [1.165, 1.54) is 17.5 Å². The molecule has 8 nitrogen and oxygen atoms in total. The molecule has 1 fully saturated rings. The molecule has 0 spiro atoms. The van der Waals surface area contributed by atoms with Crippen molar-refractivity contribution in [1.29, 1.82) is 0 Å². The Kier molecular flexibility index (Phi) is 4.36. The van der Waals surface area contributed by atoms with Gasteiger partial charge in [0, 0.05) is 5.92 Å². The maximum atomic E-state index is 10.3. The normalized spacial score (nSPS) is 29.9. The summed E-state index contributed by atoms with van der Waals surface area (Å²) in [7, 11) is 0. The lowest BCUT2D eigenvalue weighted by molar-refractivity contribution is -0.0511. The third-order valence-electron chi connectivity index (χ3n) is 5.91. The second kappa shape index (κ2) is 6.89. The Hall–Kier alpha value is -2.39. The van der Waals surface area contributed by atoms with Crippen molar-refractivity contribution in [3.8, 4) is 0 Å². The summed E-state index contributed by atoms with van der Waals surface area (Å²) < 4.78 is 7.24. The Morgan fingerprint density at radius 2 is 1.89 bits per heavy atom. The molecule has 2 aliphatic rings. The van der Waals surface area contributed by atoms with Crippen molar-refractivity contribution in [2.24, 2.45) is 0 Å². The summed E-state index contributed by atoms with van der Waals surface area (Å²) in [6, 6.07) is 8.48. The van der Waals surface area contributed by atoms with Crippen LogP contribution in [0.2, 0.25) is 0 Å². The van der Waals surface area contributed by atoms with Crippen molar-refractivity contribution >= 4 is 11.2 Å². The lowest BCUT2D eigenvalue weighted by Gasteiger charge is -2.24. The van der Waals surface area contributed by atoms with Gasteiger partial charge in [-0.1, -0.05) is 24.3 Å². The first-order valence-corrected chi connectivity index (χ1v) is 9.54. The molecule has 5 rings (SSSR count). The quantitative estimate of drug-likeness (QED) is 0.611. The fourth-order valence-electron chi connectivity index (χ4n) is 4.40. The largest absolute Gasteiger partial charge is 0.394 e. The molecule has 0 amide bonds. The molecule has 1 aliphatic carbocycles.